The van der Waals surface area contributed by atoms with E-state index in [1.54, 1.807) is 32.3 Å². The summed E-state index contributed by atoms with van der Waals surface area (Å²) in [7, 11) is -0.314. The van der Waals surface area contributed by atoms with Crippen molar-refractivity contribution in [2.24, 2.45) is 24.8 Å². The molecule has 1 N–H and O–H groups in total. The number of nitrogens with zero attached hydrogens (tertiary/aromatic N) is 6. The molecule has 3 fully saturated rings. The molecule has 2 aromatic carbocycles. The van der Waals surface area contributed by atoms with Crippen molar-refractivity contribution in [1.29, 1.82) is 0 Å². The van der Waals surface area contributed by atoms with Crippen LogP contribution in [0.4, 0.5) is 14.9 Å². The Morgan fingerprint density at radius 3 is 2.47 bits per heavy atom. The predicted octanol–water partition coefficient (Wildman–Crippen LogP) is 5.21. The van der Waals surface area contributed by atoms with Crippen molar-refractivity contribution >= 4 is 21.6 Å². The molecule has 0 radical (unpaired) electrons. The number of benzene rings is 2. The van der Waals surface area contributed by atoms with Crippen LogP contribution in [0, 0.1) is 30.5 Å². The van der Waals surface area contributed by atoms with Crippen LogP contribution in [0.15, 0.2) is 83.1 Å². The molecular formula is C38H48FN7O4S. The summed E-state index contributed by atoms with van der Waals surface area (Å²) in [6.07, 6.45) is 10.6. The first-order valence-electron chi connectivity index (χ1n) is 18.0. The van der Waals surface area contributed by atoms with E-state index in [9.17, 15) is 13.2 Å². The summed E-state index contributed by atoms with van der Waals surface area (Å²) < 4.78 is 50.8. The summed E-state index contributed by atoms with van der Waals surface area (Å²) in [6, 6.07) is 14.2. The van der Waals surface area contributed by atoms with Crippen molar-refractivity contribution in [3.8, 4) is 0 Å². The zero-order valence-electron chi connectivity index (χ0n) is 29.6. The van der Waals surface area contributed by atoms with Gasteiger partial charge in [-0.1, -0.05) is 12.1 Å². The van der Waals surface area contributed by atoms with Crippen LogP contribution >= 0.6 is 0 Å². The topological polar surface area (TPSA) is 115 Å². The van der Waals surface area contributed by atoms with E-state index < -0.39 is 21.3 Å². The van der Waals surface area contributed by atoms with E-state index >= 15 is 4.39 Å². The van der Waals surface area contributed by atoms with Crippen LogP contribution in [0.25, 0.3) is 0 Å². The van der Waals surface area contributed by atoms with Gasteiger partial charge in [0.1, 0.15) is 22.6 Å². The third-order valence-corrected chi connectivity index (χ3v) is 13.3. The number of piperidine rings is 1. The zero-order chi connectivity index (χ0) is 35.8. The lowest BCUT2D eigenvalue weighted by atomic mass is 9.58. The molecule has 0 bridgehead atoms. The third-order valence-electron chi connectivity index (χ3n) is 11.6. The second kappa shape index (κ2) is 14.4. The number of nitrogens with one attached hydrogen (secondary N) is 1. The summed E-state index contributed by atoms with van der Waals surface area (Å²) >= 11 is 0. The van der Waals surface area contributed by atoms with Gasteiger partial charge in [0.25, 0.3) is 0 Å². The van der Waals surface area contributed by atoms with Gasteiger partial charge in [0.2, 0.25) is 9.84 Å². The number of aromatic nitrogens is 4. The number of amides is 1. The van der Waals surface area contributed by atoms with Crippen LogP contribution in [0.1, 0.15) is 43.5 Å². The van der Waals surface area contributed by atoms with E-state index in [2.05, 4.69) is 35.8 Å². The second-order valence-electron chi connectivity index (χ2n) is 14.6. The van der Waals surface area contributed by atoms with Gasteiger partial charge in [-0.05, 0) is 100.0 Å². The number of hydrogen-bond donors (Lipinski definition) is 1. The first-order valence-corrected chi connectivity index (χ1v) is 19.5. The number of rotatable bonds is 11. The number of hydrogen-bond acceptors (Lipinski definition) is 8. The van der Waals surface area contributed by atoms with E-state index in [0.717, 1.165) is 81.9 Å². The monoisotopic (exact) mass is 717 g/mol. The molecule has 7 rings (SSSR count). The van der Waals surface area contributed by atoms with E-state index in [1.807, 2.05) is 37.5 Å². The van der Waals surface area contributed by atoms with E-state index in [0.29, 0.717) is 12.5 Å². The molecule has 4 aromatic rings. The van der Waals surface area contributed by atoms with Crippen LogP contribution < -0.4 is 10.2 Å². The molecule has 272 valence electrons. The molecular weight excluding hydrogens is 670 g/mol. The maximum absolute atomic E-state index is 15.1. The Morgan fingerprint density at radius 1 is 1.06 bits per heavy atom. The molecule has 1 saturated carbocycles. The molecule has 3 aliphatic rings. The highest BCUT2D eigenvalue weighted by atomic mass is 32.2. The predicted molar refractivity (Wildman–Crippen MR) is 192 cm³/mol. The summed E-state index contributed by atoms with van der Waals surface area (Å²) in [6.45, 7) is 7.37. The lowest BCUT2D eigenvalue weighted by Gasteiger charge is -2.51. The van der Waals surface area contributed by atoms with Crippen molar-refractivity contribution in [1.82, 2.24) is 29.5 Å². The number of aryl methyl sites for hydroxylation is 2. The molecule has 1 amide bonds. The minimum atomic E-state index is -3.60. The Bertz CT molecular complexity index is 1930. The van der Waals surface area contributed by atoms with Crippen molar-refractivity contribution in [2.45, 2.75) is 66.9 Å². The number of anilines is 1. The number of ether oxygens (including phenoxy) is 1. The fourth-order valence-corrected chi connectivity index (χ4v) is 10.2. The summed E-state index contributed by atoms with van der Waals surface area (Å²) in [5.41, 5.74) is 1.54. The Balaban J connectivity index is 1.05. The van der Waals surface area contributed by atoms with Gasteiger partial charge in [-0.3, -0.25) is 4.68 Å². The van der Waals surface area contributed by atoms with E-state index in [-0.39, 0.29) is 33.5 Å². The molecule has 2 saturated heterocycles. The summed E-state index contributed by atoms with van der Waals surface area (Å²) in [5, 5.41) is 6.64. The van der Waals surface area contributed by atoms with Gasteiger partial charge in [0.05, 0.1) is 11.1 Å². The smallest absolute Gasteiger partial charge is 0.407 e. The van der Waals surface area contributed by atoms with Gasteiger partial charge < -0.3 is 24.4 Å². The average molecular weight is 718 g/mol. The normalized spacial score (nSPS) is 21.7. The lowest BCUT2D eigenvalue weighted by Crippen LogP contribution is -2.55. The van der Waals surface area contributed by atoms with Gasteiger partial charge in [0, 0.05) is 81.8 Å². The summed E-state index contributed by atoms with van der Waals surface area (Å²) in [5.74, 6) is 1.45. The molecule has 51 heavy (non-hydrogen) atoms. The molecule has 1 aliphatic carbocycles. The van der Waals surface area contributed by atoms with Crippen molar-refractivity contribution in [3.05, 3.63) is 90.5 Å². The number of carbonyl (C=O) groups excluding carboxylic acids is 1. The number of sulfone groups is 1. The lowest BCUT2D eigenvalue weighted by molar-refractivity contribution is 0.00168. The quantitative estimate of drug-likeness (QED) is 0.225. The van der Waals surface area contributed by atoms with Crippen LogP contribution in [0.3, 0.4) is 0 Å². The molecule has 4 heterocycles. The maximum atomic E-state index is 15.1. The third kappa shape index (κ3) is 7.02. The maximum Gasteiger partial charge on any atom is 0.407 e. The van der Waals surface area contributed by atoms with Gasteiger partial charge >= 0.3 is 6.09 Å². The molecule has 11 nitrogen and oxygen atoms in total. The Morgan fingerprint density at radius 2 is 1.82 bits per heavy atom. The van der Waals surface area contributed by atoms with Gasteiger partial charge in [-0.2, -0.15) is 5.10 Å². The fraction of sp³-hybridized carbons (Fsp3) is 0.500. The number of halogens is 1. The Kier molecular flexibility index (Phi) is 9.95. The molecule has 3 atom stereocenters. The van der Waals surface area contributed by atoms with Crippen molar-refractivity contribution in [2.75, 3.05) is 44.7 Å². The van der Waals surface area contributed by atoms with Gasteiger partial charge in [0.15, 0.2) is 0 Å². The molecule has 13 heteroatoms. The number of likely N-dealkylation sites (tertiary alicyclic amines) is 1. The Labute approximate surface area is 299 Å². The standard InChI is InChI=1S/C38H48FN7O4S/c1-27-41-16-19-45(27)26-38(30-6-4-7-31(39)20-30,35-8-5-9-36(35)50-37(47)40-2)29-14-17-44(18-15-29)22-28-23-46(24-28)32-10-12-33(13-11-32)51(48,49)34-21-42-43(3)25-34/h4,6-7,10-13,16,19-21,25,28-29,35-36H,5,8-9,14-15,17-18,22-24,26H2,1-3H3,(H,40,47). The highest BCUT2D eigenvalue weighted by Crippen LogP contribution is 2.52. The largest absolute Gasteiger partial charge is 0.446 e. The van der Waals surface area contributed by atoms with Crippen molar-refractivity contribution < 1.29 is 22.3 Å². The highest BCUT2D eigenvalue weighted by molar-refractivity contribution is 7.91. The second-order valence-corrected chi connectivity index (χ2v) is 16.5. The molecule has 3 unspecified atom stereocenters. The first-order chi connectivity index (χ1) is 24.6. The number of carbonyl (C=O) groups is 1. The minimum Gasteiger partial charge on any atom is -0.446 e. The SMILES string of the molecule is CNC(=O)OC1CCCC1C(Cn1ccnc1C)(c1cccc(F)c1)C1CCN(CC2CN(c3ccc(S(=O)(=O)c4cnn(C)c4)cc3)C2)CC1. The number of imidazole rings is 1. The van der Waals surface area contributed by atoms with E-state index in [4.69, 9.17) is 4.74 Å². The Hall–Kier alpha value is -4.23. The van der Waals surface area contributed by atoms with Crippen LogP contribution in [-0.2, 0) is 33.6 Å². The van der Waals surface area contributed by atoms with Crippen LogP contribution in [0.2, 0.25) is 0 Å². The van der Waals surface area contributed by atoms with Crippen LogP contribution in [0.5, 0.6) is 0 Å². The highest BCUT2D eigenvalue weighted by Gasteiger charge is 2.53. The van der Waals surface area contributed by atoms with Gasteiger partial charge in [-0.25, -0.2) is 22.6 Å². The van der Waals surface area contributed by atoms with Crippen LogP contribution in [-0.4, -0.2) is 84.6 Å². The fourth-order valence-electron chi connectivity index (χ4n) is 8.98. The summed E-state index contributed by atoms with van der Waals surface area (Å²) in [4.78, 5) is 22.4. The first kappa shape index (κ1) is 35.2. The zero-order valence-corrected chi connectivity index (χ0v) is 30.4. The average Bonchev–Trinajstić information content (AvgIpc) is 3.87. The van der Waals surface area contributed by atoms with Gasteiger partial charge in [-0.15, -0.1) is 0 Å². The molecule has 0 spiro atoms. The van der Waals surface area contributed by atoms with Crippen molar-refractivity contribution in [3.63, 3.8) is 0 Å². The minimum absolute atomic E-state index is 0.0286. The number of alkyl carbamates (subject to hydrolysis) is 1. The molecule has 2 aromatic heterocycles. The van der Waals surface area contributed by atoms with E-state index in [1.165, 1.54) is 23.1 Å². The molecule has 2 aliphatic heterocycles.